The number of ether oxygens (including phenoxy) is 2. The summed E-state index contributed by atoms with van der Waals surface area (Å²) in [5.74, 6) is -0.631. The Hall–Kier alpha value is -3.83. The highest BCUT2D eigenvalue weighted by Gasteiger charge is 2.25. The van der Waals surface area contributed by atoms with E-state index in [0.717, 1.165) is 37.2 Å². The van der Waals surface area contributed by atoms with Crippen LogP contribution >= 0.6 is 0 Å². The quantitative estimate of drug-likeness (QED) is 0.388. The average Bonchev–Trinajstić information content (AvgIpc) is 3.55. The Morgan fingerprint density at radius 2 is 2.05 bits per heavy atom. The van der Waals surface area contributed by atoms with E-state index in [1.165, 1.54) is 6.07 Å². The van der Waals surface area contributed by atoms with E-state index in [-0.39, 0.29) is 11.7 Å². The summed E-state index contributed by atoms with van der Waals surface area (Å²) >= 11 is 0. The van der Waals surface area contributed by atoms with Crippen LogP contribution in [0.15, 0.2) is 36.8 Å². The molecule has 2 fully saturated rings. The van der Waals surface area contributed by atoms with Gasteiger partial charge in [0.15, 0.2) is 11.5 Å². The second kappa shape index (κ2) is 10.4. The molecule has 6 rings (SSSR count). The van der Waals surface area contributed by atoms with E-state index < -0.39 is 11.7 Å². The lowest BCUT2D eigenvalue weighted by Gasteiger charge is -2.38. The van der Waals surface area contributed by atoms with Crippen molar-refractivity contribution < 1.29 is 18.7 Å². The highest BCUT2D eigenvalue weighted by Crippen LogP contribution is 2.31. The molecule has 1 aromatic carbocycles. The van der Waals surface area contributed by atoms with Gasteiger partial charge in [0.05, 0.1) is 35.7 Å². The lowest BCUT2D eigenvalue weighted by Crippen LogP contribution is -2.54. The van der Waals surface area contributed by atoms with E-state index in [9.17, 15) is 9.18 Å². The largest absolute Gasteiger partial charge is 0.463 e. The molecule has 4 aromatic rings. The van der Waals surface area contributed by atoms with Crippen LogP contribution in [0.2, 0.25) is 0 Å². The Morgan fingerprint density at radius 1 is 1.23 bits per heavy atom. The molecule has 204 valence electrons. The van der Waals surface area contributed by atoms with Gasteiger partial charge in [0.2, 0.25) is 0 Å². The molecule has 5 heterocycles. The summed E-state index contributed by atoms with van der Waals surface area (Å²) in [6.45, 7) is 9.55. The van der Waals surface area contributed by atoms with E-state index in [0.29, 0.717) is 53.7 Å². The van der Waals surface area contributed by atoms with Gasteiger partial charge in [0, 0.05) is 73.4 Å². The molecule has 0 aliphatic carbocycles. The molecule has 0 spiro atoms. The maximum Gasteiger partial charge on any atom is 0.316 e. The third-order valence-electron chi connectivity index (χ3n) is 7.21. The molecule has 1 amide bonds. The van der Waals surface area contributed by atoms with Crippen molar-refractivity contribution >= 4 is 33.8 Å². The normalized spacial score (nSPS) is 21.5. The molecule has 0 bridgehead atoms. The summed E-state index contributed by atoms with van der Waals surface area (Å²) in [4.78, 5) is 29.2. The molecule has 0 saturated carbocycles. The van der Waals surface area contributed by atoms with Gasteiger partial charge in [-0.2, -0.15) is 4.98 Å². The van der Waals surface area contributed by atoms with Crippen LogP contribution in [0.1, 0.15) is 36.3 Å². The zero-order valence-electron chi connectivity index (χ0n) is 22.3. The van der Waals surface area contributed by atoms with Crippen molar-refractivity contribution in [3.63, 3.8) is 0 Å². The summed E-state index contributed by atoms with van der Waals surface area (Å²) in [7, 11) is 0. The zero-order chi connectivity index (χ0) is 27.1. The monoisotopic (exact) mass is 533 g/mol. The second-order valence-electron chi connectivity index (χ2n) is 10.6. The number of pyridine rings is 1. The number of fused-ring (bicyclic) bond motifs is 2. The number of benzene rings is 1. The van der Waals surface area contributed by atoms with Crippen LogP contribution in [0.3, 0.4) is 0 Å². The first-order valence-electron chi connectivity index (χ1n) is 13.3. The van der Waals surface area contributed by atoms with E-state index in [1.54, 1.807) is 36.0 Å². The summed E-state index contributed by atoms with van der Waals surface area (Å²) in [6, 6.07) is 5.80. The molecule has 39 heavy (non-hydrogen) atoms. The number of hydrogen-bond donors (Lipinski definition) is 2. The molecule has 3 aromatic heterocycles. The number of carbonyl (C=O) groups excluding carboxylic acids is 1. The van der Waals surface area contributed by atoms with Crippen molar-refractivity contribution in [1.29, 1.82) is 0 Å². The molecule has 1 unspecified atom stereocenters. The highest BCUT2D eigenvalue weighted by molar-refractivity contribution is 6.13. The van der Waals surface area contributed by atoms with E-state index in [1.807, 2.05) is 6.07 Å². The molecular formula is C28H32FN7O3. The van der Waals surface area contributed by atoms with E-state index >= 15 is 0 Å². The van der Waals surface area contributed by atoms with Gasteiger partial charge in [-0.15, -0.1) is 0 Å². The fourth-order valence-corrected chi connectivity index (χ4v) is 5.49. The number of aromatic nitrogens is 4. The summed E-state index contributed by atoms with van der Waals surface area (Å²) in [6.07, 6.45) is 6.01. The van der Waals surface area contributed by atoms with Crippen molar-refractivity contribution in [2.75, 3.05) is 43.1 Å². The molecule has 3 atom stereocenters. The lowest BCUT2D eigenvalue weighted by atomic mass is 10.0. The first-order chi connectivity index (χ1) is 18.8. The number of piperazine rings is 1. The molecule has 10 nitrogen and oxygen atoms in total. The van der Waals surface area contributed by atoms with Crippen LogP contribution in [0, 0.1) is 18.7 Å². The topological polar surface area (TPSA) is 106 Å². The van der Waals surface area contributed by atoms with Crippen LogP contribution in [0.4, 0.5) is 15.8 Å². The van der Waals surface area contributed by atoms with Crippen molar-refractivity contribution in [2.45, 2.75) is 39.3 Å². The molecular weight excluding hydrogens is 501 g/mol. The number of hydrogen-bond acceptors (Lipinski definition) is 8. The number of rotatable bonds is 6. The van der Waals surface area contributed by atoms with Crippen LogP contribution in [0.5, 0.6) is 6.01 Å². The molecule has 2 N–H and O–H groups in total. The minimum Gasteiger partial charge on any atom is -0.463 e. The predicted octanol–water partition coefficient (Wildman–Crippen LogP) is 3.58. The molecule has 2 saturated heterocycles. The second-order valence-corrected chi connectivity index (χ2v) is 10.6. The van der Waals surface area contributed by atoms with Crippen molar-refractivity contribution in [1.82, 2.24) is 24.7 Å². The minimum absolute atomic E-state index is 0.210. The molecule has 2 aliphatic heterocycles. The Kier molecular flexibility index (Phi) is 6.78. The van der Waals surface area contributed by atoms with Gasteiger partial charge in [-0.25, -0.2) is 14.4 Å². The summed E-state index contributed by atoms with van der Waals surface area (Å²) in [5.41, 5.74) is 3.00. The third kappa shape index (κ3) is 5.24. The predicted molar refractivity (Wildman–Crippen MR) is 146 cm³/mol. The molecule has 11 heteroatoms. The standard InChI is InChI=1S/C28H32FN7O3/c1-16-10-35(11-17(2)31-16)24-5-4-21(25-22(24)9-30-28(34-25)39-15-19-6-7-38-14-19)27(37)33-20-8-23(29)26-32-18(3)12-36(26)13-20/h4-5,8-9,12-13,16-17,19,31H,6-7,10-11,14-15H2,1-3H3,(H,33,37)/t16-,17+,19?. The number of imidazole rings is 1. The number of nitrogens with zero attached hydrogens (tertiary/aromatic N) is 5. The van der Waals surface area contributed by atoms with Gasteiger partial charge in [0.1, 0.15) is 0 Å². The van der Waals surface area contributed by atoms with Crippen molar-refractivity contribution in [3.05, 3.63) is 53.9 Å². The minimum atomic E-state index is -0.517. The maximum atomic E-state index is 14.7. The Labute approximate surface area is 225 Å². The maximum absolute atomic E-state index is 14.7. The Bertz CT molecular complexity index is 1520. The van der Waals surface area contributed by atoms with Crippen LogP contribution in [0.25, 0.3) is 16.6 Å². The van der Waals surface area contributed by atoms with E-state index in [4.69, 9.17) is 14.5 Å². The van der Waals surface area contributed by atoms with E-state index in [2.05, 4.69) is 39.3 Å². The highest BCUT2D eigenvalue weighted by atomic mass is 19.1. The smallest absolute Gasteiger partial charge is 0.316 e. The number of halogens is 1. The number of aryl methyl sites for hydroxylation is 1. The van der Waals surface area contributed by atoms with Crippen LogP contribution in [-0.2, 0) is 4.74 Å². The number of carbonyl (C=O) groups is 1. The van der Waals surface area contributed by atoms with Gasteiger partial charge < -0.3 is 29.4 Å². The van der Waals surface area contributed by atoms with Gasteiger partial charge in [-0.1, -0.05) is 0 Å². The van der Waals surface area contributed by atoms with Crippen LogP contribution in [-0.4, -0.2) is 70.3 Å². The van der Waals surface area contributed by atoms with Crippen molar-refractivity contribution in [2.24, 2.45) is 5.92 Å². The number of nitrogens with one attached hydrogen (secondary N) is 2. The number of anilines is 2. The number of amides is 1. The average molecular weight is 534 g/mol. The van der Waals surface area contributed by atoms with Gasteiger partial charge >= 0.3 is 6.01 Å². The first kappa shape index (κ1) is 25.4. The van der Waals surface area contributed by atoms with Crippen molar-refractivity contribution in [3.8, 4) is 6.01 Å². The van der Waals surface area contributed by atoms with Gasteiger partial charge in [-0.05, 0) is 39.3 Å². The fourth-order valence-electron chi connectivity index (χ4n) is 5.49. The lowest BCUT2D eigenvalue weighted by molar-refractivity contribution is 0.102. The Morgan fingerprint density at radius 3 is 2.82 bits per heavy atom. The summed E-state index contributed by atoms with van der Waals surface area (Å²) < 4.78 is 27.6. The molecule has 2 aliphatic rings. The first-order valence-corrected chi connectivity index (χ1v) is 13.3. The third-order valence-corrected chi connectivity index (χ3v) is 7.21. The SMILES string of the molecule is Cc1cn2cc(NC(=O)c3ccc(N4C[C@@H](C)N[C@@H](C)C4)c4cnc(OCC5CCOC5)nc34)cc(F)c2n1. The summed E-state index contributed by atoms with van der Waals surface area (Å²) in [5, 5.41) is 7.14. The Balaban J connectivity index is 1.36. The fraction of sp³-hybridized carbons (Fsp3) is 0.429. The zero-order valence-corrected chi connectivity index (χ0v) is 22.3. The van der Waals surface area contributed by atoms with Gasteiger partial charge in [-0.3, -0.25) is 4.79 Å². The van der Waals surface area contributed by atoms with Gasteiger partial charge in [0.25, 0.3) is 5.91 Å². The van der Waals surface area contributed by atoms with Crippen LogP contribution < -0.4 is 20.3 Å². The molecule has 0 radical (unpaired) electrons.